The second-order valence-electron chi connectivity index (χ2n) is 5.26. The Morgan fingerprint density at radius 1 is 1.35 bits per heavy atom. The first-order chi connectivity index (χ1) is 9.29. The lowest BCUT2D eigenvalue weighted by Gasteiger charge is -2.22. The van der Waals surface area contributed by atoms with Gasteiger partial charge in [-0.3, -0.25) is 4.79 Å². The summed E-state index contributed by atoms with van der Waals surface area (Å²) in [6.45, 7) is 5.70. The minimum atomic E-state index is -0.463. The van der Waals surface area contributed by atoms with Gasteiger partial charge in [0.1, 0.15) is 11.6 Å². The molecule has 0 spiro atoms. The van der Waals surface area contributed by atoms with Crippen molar-refractivity contribution in [2.24, 2.45) is 0 Å². The van der Waals surface area contributed by atoms with Gasteiger partial charge in [-0.25, -0.2) is 9.37 Å². The predicted molar refractivity (Wildman–Crippen MR) is 77.7 cm³/mol. The van der Waals surface area contributed by atoms with E-state index in [4.69, 9.17) is 4.74 Å². The molecule has 0 atom stereocenters. The Kier molecular flexibility index (Phi) is 3.94. The Labute approximate surface area is 124 Å². The minimum Gasteiger partial charge on any atom is -0.435 e. The van der Waals surface area contributed by atoms with Gasteiger partial charge in [0.05, 0.1) is 4.47 Å². The highest BCUT2D eigenvalue weighted by Gasteiger charge is 2.17. The third kappa shape index (κ3) is 3.07. The van der Waals surface area contributed by atoms with Crippen molar-refractivity contribution in [3.63, 3.8) is 0 Å². The Morgan fingerprint density at radius 2 is 2.05 bits per heavy atom. The van der Waals surface area contributed by atoms with Crippen LogP contribution in [0.25, 0.3) is 0 Å². The molecule has 0 bridgehead atoms. The minimum absolute atomic E-state index is 0.0795. The lowest BCUT2D eigenvalue weighted by molar-refractivity contribution is 0.362. The Bertz CT molecular complexity index is 692. The van der Waals surface area contributed by atoms with E-state index in [2.05, 4.69) is 20.9 Å². The lowest BCUT2D eigenvalue weighted by atomic mass is 10.1. The summed E-state index contributed by atoms with van der Waals surface area (Å²) in [6, 6.07) is 4.26. The number of benzene rings is 1. The summed E-state index contributed by atoms with van der Waals surface area (Å²) in [5, 5.41) is 0. The van der Waals surface area contributed by atoms with Gasteiger partial charge in [0.15, 0.2) is 0 Å². The van der Waals surface area contributed by atoms with Crippen LogP contribution in [0, 0.1) is 5.82 Å². The van der Waals surface area contributed by atoms with Crippen molar-refractivity contribution in [1.29, 1.82) is 0 Å². The predicted octanol–water partition coefficient (Wildman–Crippen LogP) is 3.69. The van der Waals surface area contributed by atoms with E-state index >= 15 is 0 Å². The van der Waals surface area contributed by atoms with Gasteiger partial charge in [0.2, 0.25) is 0 Å². The summed E-state index contributed by atoms with van der Waals surface area (Å²) in [5.41, 5.74) is -0.744. The summed E-state index contributed by atoms with van der Waals surface area (Å²) < 4.78 is 20.6. The fourth-order valence-electron chi connectivity index (χ4n) is 1.64. The average Bonchev–Trinajstić information content (AvgIpc) is 2.35. The van der Waals surface area contributed by atoms with Crippen LogP contribution in [0.1, 0.15) is 20.8 Å². The number of halogens is 2. The molecule has 20 heavy (non-hydrogen) atoms. The molecule has 1 aromatic heterocycles. The molecule has 0 radical (unpaired) electrons. The monoisotopic (exact) mass is 340 g/mol. The number of aromatic nitrogens is 2. The Balaban J connectivity index is 2.40. The van der Waals surface area contributed by atoms with Crippen molar-refractivity contribution >= 4 is 15.9 Å². The molecular formula is C14H14BrFN2O2. The molecule has 106 valence electrons. The van der Waals surface area contributed by atoms with Gasteiger partial charge in [0.25, 0.3) is 5.88 Å². The van der Waals surface area contributed by atoms with Gasteiger partial charge in [-0.15, -0.1) is 0 Å². The zero-order chi connectivity index (χ0) is 14.9. The summed E-state index contributed by atoms with van der Waals surface area (Å²) in [6.07, 6.45) is 3.08. The van der Waals surface area contributed by atoms with Gasteiger partial charge >= 0.3 is 5.56 Å². The van der Waals surface area contributed by atoms with Crippen LogP contribution in [0.5, 0.6) is 11.6 Å². The quantitative estimate of drug-likeness (QED) is 0.837. The maximum atomic E-state index is 13.4. The first-order valence-electron chi connectivity index (χ1n) is 6.00. The van der Waals surface area contributed by atoms with Crippen molar-refractivity contribution in [2.45, 2.75) is 26.3 Å². The SMILES string of the molecule is CC(C)(C)n1ccnc(Oc2ccc(Br)c(F)c2)c1=O. The van der Waals surface area contributed by atoms with Crippen molar-refractivity contribution in [3.05, 3.63) is 51.2 Å². The lowest BCUT2D eigenvalue weighted by Crippen LogP contribution is -2.34. The summed E-state index contributed by atoms with van der Waals surface area (Å²) in [5.74, 6) is -0.319. The Hall–Kier alpha value is -1.69. The molecule has 1 aromatic carbocycles. The fourth-order valence-corrected chi connectivity index (χ4v) is 1.89. The van der Waals surface area contributed by atoms with Crippen molar-refractivity contribution in [3.8, 4) is 11.6 Å². The van der Waals surface area contributed by atoms with Gasteiger partial charge in [-0.1, -0.05) is 0 Å². The third-order valence-corrected chi connectivity index (χ3v) is 3.28. The fraction of sp³-hybridized carbons (Fsp3) is 0.286. The molecule has 6 heteroatoms. The molecule has 0 aliphatic heterocycles. The van der Waals surface area contributed by atoms with Gasteiger partial charge in [0, 0.05) is 24.0 Å². The molecule has 1 heterocycles. The number of rotatable bonds is 2. The molecule has 0 N–H and O–H groups in total. The number of hydrogen-bond acceptors (Lipinski definition) is 3. The van der Waals surface area contributed by atoms with Crippen LogP contribution in [0.2, 0.25) is 0 Å². The highest BCUT2D eigenvalue weighted by molar-refractivity contribution is 9.10. The van der Waals surface area contributed by atoms with Crippen LogP contribution < -0.4 is 10.3 Å². The van der Waals surface area contributed by atoms with Crippen LogP contribution in [0.3, 0.4) is 0 Å². The smallest absolute Gasteiger partial charge is 0.314 e. The topological polar surface area (TPSA) is 44.1 Å². The second kappa shape index (κ2) is 5.36. The molecular weight excluding hydrogens is 327 g/mol. The van der Waals surface area contributed by atoms with Crippen LogP contribution in [-0.2, 0) is 5.54 Å². The molecule has 2 rings (SSSR count). The van der Waals surface area contributed by atoms with Crippen LogP contribution in [0.15, 0.2) is 39.9 Å². The van der Waals surface area contributed by atoms with Crippen molar-refractivity contribution < 1.29 is 9.13 Å². The molecule has 0 unspecified atom stereocenters. The normalized spacial score (nSPS) is 11.4. The molecule has 0 saturated heterocycles. The number of hydrogen-bond donors (Lipinski definition) is 0. The Morgan fingerprint density at radius 3 is 2.65 bits per heavy atom. The van der Waals surface area contributed by atoms with Gasteiger partial charge < -0.3 is 9.30 Å². The van der Waals surface area contributed by atoms with Crippen LogP contribution in [-0.4, -0.2) is 9.55 Å². The van der Waals surface area contributed by atoms with E-state index in [-0.39, 0.29) is 22.7 Å². The second-order valence-corrected chi connectivity index (χ2v) is 6.11. The number of ether oxygens (including phenoxy) is 1. The van der Waals surface area contributed by atoms with Crippen molar-refractivity contribution in [1.82, 2.24) is 9.55 Å². The summed E-state index contributed by atoms with van der Waals surface area (Å²) >= 11 is 3.05. The first-order valence-corrected chi connectivity index (χ1v) is 6.79. The molecule has 0 fully saturated rings. The summed E-state index contributed by atoms with van der Waals surface area (Å²) in [4.78, 5) is 16.2. The first kappa shape index (κ1) is 14.7. The zero-order valence-corrected chi connectivity index (χ0v) is 12.9. The zero-order valence-electron chi connectivity index (χ0n) is 11.4. The number of nitrogens with zero attached hydrogens (tertiary/aromatic N) is 2. The highest BCUT2D eigenvalue weighted by Crippen LogP contribution is 2.23. The highest BCUT2D eigenvalue weighted by atomic mass is 79.9. The van der Waals surface area contributed by atoms with E-state index in [9.17, 15) is 9.18 Å². The maximum Gasteiger partial charge on any atom is 0.314 e. The van der Waals surface area contributed by atoms with Gasteiger partial charge in [-0.05, 0) is 48.8 Å². The van der Waals surface area contributed by atoms with E-state index in [1.54, 1.807) is 12.3 Å². The molecule has 0 amide bonds. The molecule has 0 saturated carbocycles. The van der Waals surface area contributed by atoms with Crippen molar-refractivity contribution in [2.75, 3.05) is 0 Å². The standard InChI is InChI=1S/C14H14BrFN2O2/c1-14(2,3)18-7-6-17-12(13(18)19)20-9-4-5-10(15)11(16)8-9/h4-8H,1-3H3. The summed E-state index contributed by atoms with van der Waals surface area (Å²) in [7, 11) is 0. The van der Waals surface area contributed by atoms with E-state index in [1.165, 1.54) is 22.9 Å². The van der Waals surface area contributed by atoms with Crippen LogP contribution in [0.4, 0.5) is 4.39 Å². The maximum absolute atomic E-state index is 13.4. The van der Waals surface area contributed by atoms with E-state index < -0.39 is 5.82 Å². The van der Waals surface area contributed by atoms with E-state index in [0.29, 0.717) is 4.47 Å². The van der Waals surface area contributed by atoms with E-state index in [1.807, 2.05) is 20.8 Å². The van der Waals surface area contributed by atoms with Crippen LogP contribution >= 0.6 is 15.9 Å². The molecule has 0 aliphatic carbocycles. The van der Waals surface area contributed by atoms with E-state index in [0.717, 1.165) is 0 Å². The third-order valence-electron chi connectivity index (χ3n) is 2.64. The van der Waals surface area contributed by atoms with Gasteiger partial charge in [-0.2, -0.15) is 0 Å². The average molecular weight is 341 g/mol. The molecule has 0 aliphatic rings. The molecule has 4 nitrogen and oxygen atoms in total. The molecule has 2 aromatic rings. The largest absolute Gasteiger partial charge is 0.435 e.